The Morgan fingerprint density at radius 3 is 2.88 bits per heavy atom. The first-order chi connectivity index (χ1) is 8.02. The van der Waals surface area contributed by atoms with E-state index in [4.69, 9.17) is 4.52 Å². The minimum atomic E-state index is -3.30. The molecule has 0 atom stereocenters. The van der Waals surface area contributed by atoms with E-state index in [0.29, 0.717) is 22.3 Å². The summed E-state index contributed by atoms with van der Waals surface area (Å²) in [5.41, 5.74) is 0.473. The predicted octanol–water partition coefficient (Wildman–Crippen LogP) is 1.87. The van der Waals surface area contributed by atoms with Crippen LogP contribution in [0, 0.1) is 6.92 Å². The van der Waals surface area contributed by atoms with Crippen LogP contribution in [-0.2, 0) is 10.0 Å². The highest BCUT2D eigenvalue weighted by Gasteiger charge is 2.16. The fraction of sp³-hybridized carbons (Fsp3) is 0.333. The molecular weight excluding hydrogens is 262 g/mol. The molecule has 92 valence electrons. The van der Waals surface area contributed by atoms with Gasteiger partial charge >= 0.3 is 0 Å². The van der Waals surface area contributed by atoms with Crippen LogP contribution in [0.1, 0.15) is 12.7 Å². The highest BCUT2D eigenvalue weighted by atomic mass is 32.2. The lowest BCUT2D eigenvalue weighted by molar-refractivity contribution is 0.426. The first-order valence-electron chi connectivity index (χ1n) is 4.90. The van der Waals surface area contributed by atoms with Crippen LogP contribution in [-0.4, -0.2) is 24.3 Å². The highest BCUT2D eigenvalue weighted by Crippen LogP contribution is 2.32. The Bertz CT molecular complexity index is 615. The second-order valence-corrected chi connectivity index (χ2v) is 6.24. The number of nitrogens with one attached hydrogen (secondary N) is 1. The van der Waals surface area contributed by atoms with E-state index < -0.39 is 10.0 Å². The fourth-order valence-corrected chi connectivity index (χ4v) is 2.67. The maximum Gasteiger partial charge on any atom is 0.270 e. The molecule has 0 aromatic carbocycles. The van der Waals surface area contributed by atoms with Crippen molar-refractivity contribution in [3.8, 4) is 10.8 Å². The molecule has 0 aliphatic heterocycles. The average Bonchev–Trinajstić information content (AvgIpc) is 2.86. The van der Waals surface area contributed by atoms with Crippen molar-refractivity contribution < 1.29 is 12.9 Å². The van der Waals surface area contributed by atoms with Gasteiger partial charge in [-0.25, -0.2) is 8.42 Å². The van der Waals surface area contributed by atoms with Gasteiger partial charge in [0.15, 0.2) is 5.82 Å². The zero-order valence-electron chi connectivity index (χ0n) is 9.30. The molecule has 2 heterocycles. The largest absolute Gasteiger partial charge is 0.333 e. The summed E-state index contributed by atoms with van der Waals surface area (Å²) >= 11 is 1.34. The number of anilines is 1. The van der Waals surface area contributed by atoms with Crippen molar-refractivity contribution in [3.05, 3.63) is 17.3 Å². The van der Waals surface area contributed by atoms with Gasteiger partial charge in [0.1, 0.15) is 4.88 Å². The monoisotopic (exact) mass is 273 g/mol. The first kappa shape index (κ1) is 12.1. The molecule has 0 fully saturated rings. The number of aromatic nitrogens is 2. The molecule has 0 amide bonds. The van der Waals surface area contributed by atoms with Crippen LogP contribution in [0.3, 0.4) is 0 Å². The summed E-state index contributed by atoms with van der Waals surface area (Å²) in [6.07, 6.45) is 0. The second-order valence-electron chi connectivity index (χ2n) is 3.32. The zero-order chi connectivity index (χ0) is 12.5. The van der Waals surface area contributed by atoms with Crippen LogP contribution >= 0.6 is 11.3 Å². The average molecular weight is 273 g/mol. The van der Waals surface area contributed by atoms with Gasteiger partial charge in [0, 0.05) is 0 Å². The molecule has 0 aliphatic carbocycles. The van der Waals surface area contributed by atoms with Crippen molar-refractivity contribution in [2.45, 2.75) is 13.8 Å². The van der Waals surface area contributed by atoms with Crippen LogP contribution in [0.4, 0.5) is 5.69 Å². The van der Waals surface area contributed by atoms with Gasteiger partial charge < -0.3 is 4.52 Å². The summed E-state index contributed by atoms with van der Waals surface area (Å²) in [7, 11) is -3.30. The number of thiophene rings is 1. The van der Waals surface area contributed by atoms with Gasteiger partial charge in [-0.1, -0.05) is 5.16 Å². The minimum absolute atomic E-state index is 0.0190. The summed E-state index contributed by atoms with van der Waals surface area (Å²) in [5, 5.41) is 5.44. The molecule has 0 unspecified atom stereocenters. The standard InChI is InChI=1S/C9H11N3O3S2/c1-3-17(13,14)12-7-4-5-16-8(7)9-10-6(2)11-15-9/h4-5,12H,3H2,1-2H3. The van der Waals surface area contributed by atoms with E-state index in [1.54, 1.807) is 25.3 Å². The number of hydrogen-bond donors (Lipinski definition) is 1. The Hall–Kier alpha value is -1.41. The maximum absolute atomic E-state index is 11.5. The lowest BCUT2D eigenvalue weighted by atomic mass is 10.4. The summed E-state index contributed by atoms with van der Waals surface area (Å²) < 4.78 is 30.5. The summed E-state index contributed by atoms with van der Waals surface area (Å²) in [6, 6.07) is 1.67. The number of nitrogens with zero attached hydrogens (tertiary/aromatic N) is 2. The normalized spacial score (nSPS) is 11.6. The Labute approximate surface area is 103 Å². The van der Waals surface area contributed by atoms with Crippen molar-refractivity contribution in [1.29, 1.82) is 0 Å². The van der Waals surface area contributed by atoms with E-state index in [1.165, 1.54) is 11.3 Å². The van der Waals surface area contributed by atoms with Gasteiger partial charge in [-0.3, -0.25) is 4.72 Å². The molecule has 0 spiro atoms. The molecule has 0 aliphatic rings. The third kappa shape index (κ3) is 2.64. The third-order valence-electron chi connectivity index (χ3n) is 2.03. The van der Waals surface area contributed by atoms with E-state index in [9.17, 15) is 8.42 Å². The zero-order valence-corrected chi connectivity index (χ0v) is 10.9. The fourth-order valence-electron chi connectivity index (χ4n) is 1.18. The lowest BCUT2D eigenvalue weighted by Gasteiger charge is -2.04. The number of aryl methyl sites for hydroxylation is 1. The third-order valence-corrected chi connectivity index (χ3v) is 4.23. The molecule has 6 nitrogen and oxygen atoms in total. The summed E-state index contributed by atoms with van der Waals surface area (Å²) in [4.78, 5) is 4.69. The molecule has 8 heteroatoms. The molecule has 2 aromatic rings. The minimum Gasteiger partial charge on any atom is -0.333 e. The van der Waals surface area contributed by atoms with Crippen LogP contribution in [0.25, 0.3) is 10.8 Å². The van der Waals surface area contributed by atoms with Crippen LogP contribution in [0.2, 0.25) is 0 Å². The summed E-state index contributed by atoms with van der Waals surface area (Å²) in [5.74, 6) is 0.856. The summed E-state index contributed by atoms with van der Waals surface area (Å²) in [6.45, 7) is 3.28. The van der Waals surface area contributed by atoms with E-state index >= 15 is 0 Å². The smallest absolute Gasteiger partial charge is 0.270 e. The van der Waals surface area contributed by atoms with Gasteiger partial charge in [0.25, 0.3) is 5.89 Å². The van der Waals surface area contributed by atoms with Gasteiger partial charge in [-0.15, -0.1) is 11.3 Å². The quantitative estimate of drug-likeness (QED) is 0.919. The van der Waals surface area contributed by atoms with E-state index in [1.807, 2.05) is 0 Å². The molecule has 0 bridgehead atoms. The van der Waals surface area contributed by atoms with Crippen LogP contribution < -0.4 is 4.72 Å². The van der Waals surface area contributed by atoms with Gasteiger partial charge in [0.05, 0.1) is 11.4 Å². The molecule has 1 N–H and O–H groups in total. The molecule has 2 rings (SSSR count). The molecule has 17 heavy (non-hydrogen) atoms. The number of sulfonamides is 1. The predicted molar refractivity (Wildman–Crippen MR) is 65.4 cm³/mol. The van der Waals surface area contributed by atoms with E-state index in [-0.39, 0.29) is 5.75 Å². The van der Waals surface area contributed by atoms with Crippen molar-refractivity contribution in [3.63, 3.8) is 0 Å². The Morgan fingerprint density at radius 2 is 2.29 bits per heavy atom. The van der Waals surface area contributed by atoms with Gasteiger partial charge in [0.2, 0.25) is 10.0 Å². The van der Waals surface area contributed by atoms with Gasteiger partial charge in [-0.05, 0) is 25.3 Å². The Kier molecular flexibility index (Phi) is 3.16. The molecular formula is C9H11N3O3S2. The van der Waals surface area contributed by atoms with Crippen molar-refractivity contribution in [2.75, 3.05) is 10.5 Å². The van der Waals surface area contributed by atoms with Gasteiger partial charge in [-0.2, -0.15) is 4.98 Å². The van der Waals surface area contributed by atoms with Crippen molar-refractivity contribution in [2.24, 2.45) is 0 Å². The highest BCUT2D eigenvalue weighted by molar-refractivity contribution is 7.92. The van der Waals surface area contributed by atoms with Crippen molar-refractivity contribution in [1.82, 2.24) is 10.1 Å². The maximum atomic E-state index is 11.5. The first-order valence-corrected chi connectivity index (χ1v) is 7.43. The Morgan fingerprint density at radius 1 is 1.53 bits per heavy atom. The SMILES string of the molecule is CCS(=O)(=O)Nc1ccsc1-c1nc(C)no1. The molecule has 0 saturated carbocycles. The Balaban J connectivity index is 2.36. The van der Waals surface area contributed by atoms with Crippen LogP contribution in [0.15, 0.2) is 16.0 Å². The molecule has 2 aromatic heterocycles. The number of hydrogen-bond acceptors (Lipinski definition) is 6. The van der Waals surface area contributed by atoms with E-state index in [2.05, 4.69) is 14.9 Å². The lowest BCUT2D eigenvalue weighted by Crippen LogP contribution is -2.14. The molecule has 0 radical (unpaired) electrons. The van der Waals surface area contributed by atoms with Crippen LogP contribution in [0.5, 0.6) is 0 Å². The molecule has 0 saturated heterocycles. The topological polar surface area (TPSA) is 85.1 Å². The number of rotatable bonds is 4. The van der Waals surface area contributed by atoms with E-state index in [0.717, 1.165) is 0 Å². The van der Waals surface area contributed by atoms with Crippen molar-refractivity contribution >= 4 is 27.0 Å². The second kappa shape index (κ2) is 4.46.